The van der Waals surface area contributed by atoms with Gasteiger partial charge in [0.1, 0.15) is 17.2 Å². The van der Waals surface area contributed by atoms with Crippen molar-refractivity contribution in [1.82, 2.24) is 4.98 Å². The lowest BCUT2D eigenvalue weighted by Crippen LogP contribution is -2.12. The summed E-state index contributed by atoms with van der Waals surface area (Å²) in [6.07, 6.45) is 1.44. The van der Waals surface area contributed by atoms with Gasteiger partial charge in [0, 0.05) is 15.5 Å². The zero-order valence-electron chi connectivity index (χ0n) is 12.6. The van der Waals surface area contributed by atoms with Gasteiger partial charge in [0.2, 0.25) is 0 Å². The quantitative estimate of drug-likeness (QED) is 0.476. The Morgan fingerprint density at radius 2 is 2.25 bits per heavy atom. The Morgan fingerprint density at radius 1 is 1.46 bits per heavy atom. The molecule has 0 radical (unpaired) electrons. The number of fused-ring (bicyclic) bond motifs is 1. The van der Waals surface area contributed by atoms with Crippen LogP contribution in [0.2, 0.25) is 0 Å². The van der Waals surface area contributed by atoms with Gasteiger partial charge in [0.05, 0.1) is 24.8 Å². The van der Waals surface area contributed by atoms with Crippen LogP contribution in [-0.2, 0) is 11.3 Å². The molecule has 0 atom stereocenters. The molecule has 0 amide bonds. The van der Waals surface area contributed by atoms with E-state index in [9.17, 15) is 9.18 Å². The number of halogens is 2. The van der Waals surface area contributed by atoms with Crippen LogP contribution < -0.4 is 11.1 Å². The molecule has 0 bridgehead atoms. The Labute approximate surface area is 150 Å². The Bertz CT molecular complexity index is 926. The second kappa shape index (κ2) is 6.73. The van der Waals surface area contributed by atoms with E-state index in [1.807, 2.05) is 22.6 Å². The van der Waals surface area contributed by atoms with Crippen LogP contribution in [0.4, 0.5) is 15.9 Å². The van der Waals surface area contributed by atoms with Crippen molar-refractivity contribution in [2.45, 2.75) is 6.54 Å². The molecule has 124 valence electrons. The van der Waals surface area contributed by atoms with Gasteiger partial charge in [-0.25, -0.2) is 14.2 Å². The summed E-state index contributed by atoms with van der Waals surface area (Å²) in [7, 11) is 1.25. The molecule has 0 saturated carbocycles. The van der Waals surface area contributed by atoms with Gasteiger partial charge in [-0.05, 0) is 46.9 Å². The molecule has 3 aromatic rings. The highest BCUT2D eigenvalue weighted by atomic mass is 127. The Morgan fingerprint density at radius 3 is 2.92 bits per heavy atom. The lowest BCUT2D eigenvalue weighted by molar-refractivity contribution is 0.0602. The number of benzene rings is 1. The number of carbonyl (C=O) groups excluding carboxylic acids is 1. The minimum atomic E-state index is -0.639. The summed E-state index contributed by atoms with van der Waals surface area (Å²) in [4.78, 5) is 16.5. The molecule has 3 rings (SSSR count). The van der Waals surface area contributed by atoms with E-state index < -0.39 is 11.8 Å². The summed E-state index contributed by atoms with van der Waals surface area (Å²) >= 11 is 2.01. The van der Waals surface area contributed by atoms with Crippen molar-refractivity contribution in [3.8, 4) is 0 Å². The van der Waals surface area contributed by atoms with E-state index in [0.717, 1.165) is 3.57 Å². The van der Waals surface area contributed by atoms with E-state index in [2.05, 4.69) is 10.3 Å². The molecule has 0 aliphatic heterocycles. The van der Waals surface area contributed by atoms with Gasteiger partial charge in [-0.3, -0.25) is 0 Å². The molecule has 0 aliphatic carbocycles. The second-order valence-corrected chi connectivity index (χ2v) is 6.14. The average Bonchev–Trinajstić information content (AvgIpc) is 3.05. The Kier molecular flexibility index (Phi) is 4.67. The number of nitrogens with two attached hydrogens (primary N) is 1. The maximum Gasteiger partial charge on any atom is 0.345 e. The zero-order chi connectivity index (χ0) is 17.3. The molecule has 0 aliphatic rings. The Balaban J connectivity index is 2.19. The molecule has 0 spiro atoms. The molecule has 0 fully saturated rings. The third-order valence-corrected chi connectivity index (χ3v) is 4.12. The van der Waals surface area contributed by atoms with Crippen molar-refractivity contribution in [2.24, 2.45) is 5.73 Å². The van der Waals surface area contributed by atoms with Crippen LogP contribution in [0.5, 0.6) is 0 Å². The first-order chi connectivity index (χ1) is 11.5. The monoisotopic (exact) mass is 441 g/mol. The lowest BCUT2D eigenvalue weighted by Gasteiger charge is -2.13. The number of anilines is 2. The van der Waals surface area contributed by atoms with E-state index in [4.69, 9.17) is 14.9 Å². The molecule has 0 saturated heterocycles. The van der Waals surface area contributed by atoms with E-state index in [0.29, 0.717) is 16.7 Å². The number of ether oxygens (including phenoxy) is 1. The molecule has 6 nitrogen and oxygen atoms in total. The summed E-state index contributed by atoms with van der Waals surface area (Å²) in [5.74, 6) is -0.974. The van der Waals surface area contributed by atoms with Crippen LogP contribution in [0.1, 0.15) is 16.1 Å². The Hall–Kier alpha value is -2.20. The molecular formula is C16H13FIN3O3. The number of nitrogens with one attached hydrogen (secondary N) is 1. The fraction of sp³-hybridized carbons (Fsp3) is 0.125. The predicted octanol–water partition coefficient (Wildman–Crippen LogP) is 3.56. The normalized spacial score (nSPS) is 10.8. The maximum absolute atomic E-state index is 14.1. The topological polar surface area (TPSA) is 90.4 Å². The fourth-order valence-electron chi connectivity index (χ4n) is 2.34. The number of aromatic nitrogens is 1. The summed E-state index contributed by atoms with van der Waals surface area (Å²) in [5, 5.41) is 3.45. The predicted molar refractivity (Wildman–Crippen MR) is 95.6 cm³/mol. The molecule has 2 heterocycles. The van der Waals surface area contributed by atoms with Gasteiger partial charge in [0.15, 0.2) is 5.58 Å². The minimum Gasteiger partial charge on any atom is -0.465 e. The summed E-state index contributed by atoms with van der Waals surface area (Å²) in [5.41, 5.74) is 6.82. The molecule has 2 aromatic heterocycles. The summed E-state index contributed by atoms with van der Waals surface area (Å²) < 4.78 is 25.1. The minimum absolute atomic E-state index is 0.0904. The van der Waals surface area contributed by atoms with Crippen molar-refractivity contribution >= 4 is 51.0 Å². The average molecular weight is 441 g/mol. The molecule has 1 aromatic carbocycles. The van der Waals surface area contributed by atoms with E-state index >= 15 is 0 Å². The van der Waals surface area contributed by atoms with Crippen molar-refractivity contribution in [1.29, 1.82) is 0 Å². The highest BCUT2D eigenvalue weighted by molar-refractivity contribution is 14.1. The van der Waals surface area contributed by atoms with E-state index in [1.54, 1.807) is 18.2 Å². The lowest BCUT2D eigenvalue weighted by atomic mass is 10.1. The molecular weight excluding hydrogens is 428 g/mol. The van der Waals surface area contributed by atoms with E-state index in [1.165, 1.54) is 19.4 Å². The van der Waals surface area contributed by atoms with Crippen molar-refractivity contribution in [2.75, 3.05) is 12.4 Å². The van der Waals surface area contributed by atoms with Crippen LogP contribution in [0.25, 0.3) is 11.0 Å². The first-order valence-electron chi connectivity index (χ1n) is 6.95. The number of nitrogens with zero attached hydrogens (tertiary/aromatic N) is 1. The van der Waals surface area contributed by atoms with Crippen molar-refractivity contribution in [3.05, 3.63) is 51.2 Å². The van der Waals surface area contributed by atoms with Crippen LogP contribution in [-0.4, -0.2) is 18.1 Å². The van der Waals surface area contributed by atoms with Crippen LogP contribution >= 0.6 is 22.6 Å². The highest BCUT2D eigenvalue weighted by Crippen LogP contribution is 2.31. The van der Waals surface area contributed by atoms with Gasteiger partial charge in [-0.1, -0.05) is 0 Å². The third-order valence-electron chi connectivity index (χ3n) is 3.45. The molecule has 3 N–H and O–H groups in total. The summed E-state index contributed by atoms with van der Waals surface area (Å²) in [6, 6.07) is 6.34. The number of carbonyl (C=O) groups is 1. The van der Waals surface area contributed by atoms with Crippen molar-refractivity contribution in [3.63, 3.8) is 0 Å². The van der Waals surface area contributed by atoms with Crippen LogP contribution in [0, 0.1) is 9.39 Å². The first kappa shape index (κ1) is 16.7. The third kappa shape index (κ3) is 2.94. The number of methoxy groups -OCH3 is 1. The number of pyridine rings is 1. The van der Waals surface area contributed by atoms with Gasteiger partial charge in [0.25, 0.3) is 0 Å². The number of hydrogen-bond acceptors (Lipinski definition) is 6. The maximum atomic E-state index is 14.1. The van der Waals surface area contributed by atoms with Crippen LogP contribution in [0.3, 0.4) is 0 Å². The number of esters is 1. The van der Waals surface area contributed by atoms with Gasteiger partial charge in [-0.2, -0.15) is 0 Å². The number of furan rings is 1. The molecule has 0 unspecified atom stereocenters. The van der Waals surface area contributed by atoms with Crippen LogP contribution in [0.15, 0.2) is 34.9 Å². The van der Waals surface area contributed by atoms with Gasteiger partial charge >= 0.3 is 5.97 Å². The molecule has 24 heavy (non-hydrogen) atoms. The summed E-state index contributed by atoms with van der Waals surface area (Å²) in [6.45, 7) is 0.140. The highest BCUT2D eigenvalue weighted by Gasteiger charge is 2.23. The largest absolute Gasteiger partial charge is 0.465 e. The van der Waals surface area contributed by atoms with Crippen molar-refractivity contribution < 1.29 is 18.3 Å². The van der Waals surface area contributed by atoms with Gasteiger partial charge in [-0.15, -0.1) is 0 Å². The zero-order valence-corrected chi connectivity index (χ0v) is 14.8. The second-order valence-electron chi connectivity index (χ2n) is 4.89. The number of rotatable bonds is 4. The standard InChI is InChI=1S/C16H13FIN3O3/c1-23-16(22)13-14-9(4-5-24-14)12(7-19)21-15(13)20-11-3-2-8(18)6-10(11)17/h2-6H,7,19H2,1H3,(H,20,21). The fourth-order valence-corrected chi connectivity index (χ4v) is 2.80. The smallest absolute Gasteiger partial charge is 0.345 e. The first-order valence-corrected chi connectivity index (χ1v) is 8.03. The van der Waals surface area contributed by atoms with Gasteiger partial charge < -0.3 is 20.2 Å². The van der Waals surface area contributed by atoms with E-state index in [-0.39, 0.29) is 23.6 Å². The SMILES string of the molecule is COC(=O)c1c(Nc2ccc(I)cc2F)nc(CN)c2ccoc12. The molecule has 8 heteroatoms. The number of hydrogen-bond donors (Lipinski definition) is 2.